The van der Waals surface area contributed by atoms with E-state index in [1.165, 1.54) is 38.5 Å². The lowest BCUT2D eigenvalue weighted by Crippen LogP contribution is -2.12. The van der Waals surface area contributed by atoms with Crippen LogP contribution in [0.1, 0.15) is 57.2 Å². The average Bonchev–Trinajstić information content (AvgIpc) is 2.87. The van der Waals surface area contributed by atoms with Gasteiger partial charge in [-0.2, -0.15) is 0 Å². The molecule has 1 saturated carbocycles. The van der Waals surface area contributed by atoms with E-state index in [-0.39, 0.29) is 6.04 Å². The van der Waals surface area contributed by atoms with Crippen LogP contribution in [0.3, 0.4) is 0 Å². The van der Waals surface area contributed by atoms with Crippen molar-refractivity contribution < 1.29 is 0 Å². The number of rotatable bonds is 5. The Hall–Kier alpha value is -0.830. The fourth-order valence-electron chi connectivity index (χ4n) is 2.75. The van der Waals surface area contributed by atoms with Crippen molar-refractivity contribution >= 4 is 0 Å². The van der Waals surface area contributed by atoms with Gasteiger partial charge in [0, 0.05) is 18.8 Å². The highest BCUT2D eigenvalue weighted by Crippen LogP contribution is 2.28. The van der Waals surface area contributed by atoms with Crippen molar-refractivity contribution in [2.24, 2.45) is 11.7 Å². The zero-order chi connectivity index (χ0) is 11.4. The molecule has 0 spiro atoms. The molecule has 0 radical (unpaired) electrons. The highest BCUT2D eigenvalue weighted by atomic mass is 15.1. The molecule has 0 saturated heterocycles. The molecule has 2 rings (SSSR count). The van der Waals surface area contributed by atoms with Crippen LogP contribution in [0.2, 0.25) is 0 Å². The Morgan fingerprint density at radius 1 is 1.50 bits per heavy atom. The Kier molecular flexibility index (Phi) is 3.99. The van der Waals surface area contributed by atoms with E-state index >= 15 is 0 Å². The molecular weight excluding hydrogens is 198 g/mol. The SMILES string of the molecule is C[C@H](N)c1cncn1CCCC1CCCC1. The van der Waals surface area contributed by atoms with Crippen LogP contribution in [0.4, 0.5) is 0 Å². The Labute approximate surface area is 98.1 Å². The van der Waals surface area contributed by atoms with E-state index < -0.39 is 0 Å². The van der Waals surface area contributed by atoms with Gasteiger partial charge < -0.3 is 10.3 Å². The Morgan fingerprint density at radius 2 is 2.25 bits per heavy atom. The van der Waals surface area contributed by atoms with Crippen LogP contribution in [-0.4, -0.2) is 9.55 Å². The molecule has 16 heavy (non-hydrogen) atoms. The van der Waals surface area contributed by atoms with E-state index in [9.17, 15) is 0 Å². The molecular formula is C13H23N3. The minimum absolute atomic E-state index is 0.0916. The molecule has 0 unspecified atom stereocenters. The normalized spacial score (nSPS) is 19.1. The Bertz CT molecular complexity index is 311. The second-order valence-electron chi connectivity index (χ2n) is 5.09. The van der Waals surface area contributed by atoms with Crippen molar-refractivity contribution in [2.75, 3.05) is 0 Å². The first-order valence-corrected chi connectivity index (χ1v) is 6.53. The standard InChI is InChI=1S/C13H23N3/c1-11(14)13-9-15-10-16(13)8-4-7-12-5-2-3-6-12/h9-12H,2-8,14H2,1H3/t11-/m0/s1. The summed E-state index contributed by atoms with van der Waals surface area (Å²) >= 11 is 0. The summed E-state index contributed by atoms with van der Waals surface area (Å²) in [7, 11) is 0. The molecule has 1 fully saturated rings. The predicted octanol–water partition coefficient (Wildman–Crippen LogP) is 2.87. The summed E-state index contributed by atoms with van der Waals surface area (Å²) in [5.41, 5.74) is 7.05. The number of aryl methyl sites for hydroxylation is 1. The van der Waals surface area contributed by atoms with Gasteiger partial charge in [0.05, 0.1) is 12.0 Å². The molecule has 1 aliphatic carbocycles. The molecule has 2 N–H and O–H groups in total. The second-order valence-corrected chi connectivity index (χ2v) is 5.09. The maximum Gasteiger partial charge on any atom is 0.0948 e. The molecule has 1 atom stereocenters. The minimum atomic E-state index is 0.0916. The molecule has 0 bridgehead atoms. The summed E-state index contributed by atoms with van der Waals surface area (Å²) in [4.78, 5) is 4.18. The first-order chi connectivity index (χ1) is 7.77. The summed E-state index contributed by atoms with van der Waals surface area (Å²) < 4.78 is 2.21. The van der Waals surface area contributed by atoms with Gasteiger partial charge in [0.25, 0.3) is 0 Å². The van der Waals surface area contributed by atoms with Crippen molar-refractivity contribution in [3.8, 4) is 0 Å². The number of hydrogen-bond donors (Lipinski definition) is 1. The largest absolute Gasteiger partial charge is 0.333 e. The zero-order valence-electron chi connectivity index (χ0n) is 10.2. The van der Waals surface area contributed by atoms with Gasteiger partial charge in [-0.05, 0) is 25.7 Å². The quantitative estimate of drug-likeness (QED) is 0.831. The van der Waals surface area contributed by atoms with Crippen molar-refractivity contribution in [2.45, 2.75) is 58.0 Å². The molecule has 0 aromatic carbocycles. The third-order valence-electron chi connectivity index (χ3n) is 3.70. The van der Waals surface area contributed by atoms with Gasteiger partial charge in [0.1, 0.15) is 0 Å². The van der Waals surface area contributed by atoms with Crippen LogP contribution in [0, 0.1) is 5.92 Å². The van der Waals surface area contributed by atoms with Crippen LogP contribution < -0.4 is 5.73 Å². The van der Waals surface area contributed by atoms with Gasteiger partial charge in [-0.3, -0.25) is 0 Å². The van der Waals surface area contributed by atoms with Gasteiger partial charge in [-0.15, -0.1) is 0 Å². The van der Waals surface area contributed by atoms with E-state index in [2.05, 4.69) is 9.55 Å². The summed E-state index contributed by atoms with van der Waals surface area (Å²) in [6.07, 6.45) is 12.2. The number of imidazole rings is 1. The molecule has 1 aromatic rings. The molecule has 3 nitrogen and oxygen atoms in total. The van der Waals surface area contributed by atoms with Crippen LogP contribution in [0.5, 0.6) is 0 Å². The molecule has 1 heterocycles. The average molecular weight is 221 g/mol. The minimum Gasteiger partial charge on any atom is -0.333 e. The van der Waals surface area contributed by atoms with Crippen LogP contribution in [0.15, 0.2) is 12.5 Å². The lowest BCUT2D eigenvalue weighted by atomic mass is 10.0. The lowest BCUT2D eigenvalue weighted by Gasteiger charge is -2.12. The van der Waals surface area contributed by atoms with Gasteiger partial charge in [-0.25, -0.2) is 4.98 Å². The maximum atomic E-state index is 5.89. The topological polar surface area (TPSA) is 43.8 Å². The lowest BCUT2D eigenvalue weighted by molar-refractivity contribution is 0.453. The van der Waals surface area contributed by atoms with E-state index in [1.54, 1.807) is 0 Å². The van der Waals surface area contributed by atoms with Crippen LogP contribution in [0.25, 0.3) is 0 Å². The van der Waals surface area contributed by atoms with Crippen molar-refractivity contribution in [1.82, 2.24) is 9.55 Å². The van der Waals surface area contributed by atoms with Crippen LogP contribution >= 0.6 is 0 Å². The fraction of sp³-hybridized carbons (Fsp3) is 0.769. The summed E-state index contributed by atoms with van der Waals surface area (Å²) in [6.45, 7) is 3.10. The molecule has 0 amide bonds. The monoisotopic (exact) mass is 221 g/mol. The Morgan fingerprint density at radius 3 is 2.94 bits per heavy atom. The third kappa shape index (κ3) is 2.85. The van der Waals surface area contributed by atoms with E-state index in [0.29, 0.717) is 0 Å². The van der Waals surface area contributed by atoms with Crippen molar-refractivity contribution in [3.63, 3.8) is 0 Å². The molecule has 3 heteroatoms. The zero-order valence-corrected chi connectivity index (χ0v) is 10.2. The van der Waals surface area contributed by atoms with E-state index in [1.807, 2.05) is 19.4 Å². The molecule has 1 aliphatic rings. The van der Waals surface area contributed by atoms with Gasteiger partial charge >= 0.3 is 0 Å². The number of nitrogens with zero attached hydrogens (tertiary/aromatic N) is 2. The first kappa shape index (κ1) is 11.6. The van der Waals surface area contributed by atoms with Crippen molar-refractivity contribution in [3.05, 3.63) is 18.2 Å². The maximum absolute atomic E-state index is 5.89. The fourth-order valence-corrected chi connectivity index (χ4v) is 2.75. The molecule has 90 valence electrons. The highest BCUT2D eigenvalue weighted by molar-refractivity contribution is 5.02. The summed E-state index contributed by atoms with van der Waals surface area (Å²) in [6, 6.07) is 0.0916. The van der Waals surface area contributed by atoms with Gasteiger partial charge in [0.2, 0.25) is 0 Å². The Balaban J connectivity index is 1.78. The smallest absolute Gasteiger partial charge is 0.0948 e. The number of nitrogens with two attached hydrogens (primary N) is 1. The van der Waals surface area contributed by atoms with E-state index in [4.69, 9.17) is 5.73 Å². The third-order valence-corrected chi connectivity index (χ3v) is 3.70. The van der Waals surface area contributed by atoms with E-state index in [0.717, 1.165) is 18.2 Å². The van der Waals surface area contributed by atoms with Gasteiger partial charge in [0.15, 0.2) is 0 Å². The summed E-state index contributed by atoms with van der Waals surface area (Å²) in [5.74, 6) is 0.988. The van der Waals surface area contributed by atoms with Gasteiger partial charge in [-0.1, -0.05) is 25.7 Å². The summed E-state index contributed by atoms with van der Waals surface area (Å²) in [5, 5.41) is 0. The van der Waals surface area contributed by atoms with Crippen molar-refractivity contribution in [1.29, 1.82) is 0 Å². The number of aromatic nitrogens is 2. The second kappa shape index (κ2) is 5.48. The highest BCUT2D eigenvalue weighted by Gasteiger charge is 2.14. The molecule has 1 aromatic heterocycles. The molecule has 0 aliphatic heterocycles. The first-order valence-electron chi connectivity index (χ1n) is 6.53. The predicted molar refractivity (Wildman–Crippen MR) is 66.0 cm³/mol. The van der Waals surface area contributed by atoms with Crippen LogP contribution in [-0.2, 0) is 6.54 Å². The number of hydrogen-bond acceptors (Lipinski definition) is 2.